The molecule has 5 heteroatoms. The average Bonchev–Trinajstić information content (AvgIpc) is 2.46. The number of benzene rings is 1. The van der Waals surface area contributed by atoms with Crippen LogP contribution in [0, 0.1) is 0 Å². The number of carbonyl (C=O) groups is 2. The van der Waals surface area contributed by atoms with Gasteiger partial charge in [0.15, 0.2) is 0 Å². The number of fused-ring (bicyclic) bond motifs is 1. The van der Waals surface area contributed by atoms with Crippen molar-refractivity contribution in [1.82, 2.24) is 10.2 Å². The van der Waals surface area contributed by atoms with Crippen molar-refractivity contribution in [3.05, 3.63) is 29.8 Å². The van der Waals surface area contributed by atoms with Crippen LogP contribution in [0.5, 0.6) is 0 Å². The molecular weight excluding hydrogens is 242 g/mol. The van der Waals surface area contributed by atoms with E-state index in [1.54, 1.807) is 0 Å². The number of carbonyl (C=O) groups excluding carboxylic acids is 2. The number of piperazine rings is 1. The van der Waals surface area contributed by atoms with Crippen molar-refractivity contribution in [1.29, 1.82) is 0 Å². The molecule has 2 heterocycles. The summed E-state index contributed by atoms with van der Waals surface area (Å²) >= 11 is 0. The minimum absolute atomic E-state index is 0.0730. The van der Waals surface area contributed by atoms with Gasteiger partial charge >= 0.3 is 0 Å². The van der Waals surface area contributed by atoms with Gasteiger partial charge in [-0.2, -0.15) is 0 Å². The fourth-order valence-corrected chi connectivity index (χ4v) is 2.74. The van der Waals surface area contributed by atoms with Gasteiger partial charge in [-0.15, -0.1) is 0 Å². The van der Waals surface area contributed by atoms with Gasteiger partial charge in [0.05, 0.1) is 5.92 Å². The zero-order chi connectivity index (χ0) is 13.2. The standard InChI is InChI=1S/C14H17N3O2/c18-13-9-11(10-3-1-2-4-12(10)16-13)14(19)17-7-5-15-6-8-17/h1-4,11,15H,5-9H2,(H,16,18). The van der Waals surface area contributed by atoms with Gasteiger partial charge in [-0.1, -0.05) is 18.2 Å². The van der Waals surface area contributed by atoms with Crippen molar-refractivity contribution in [3.8, 4) is 0 Å². The normalized spacial score (nSPS) is 22.6. The summed E-state index contributed by atoms with van der Waals surface area (Å²) < 4.78 is 0. The Morgan fingerprint density at radius 2 is 1.95 bits per heavy atom. The lowest BCUT2D eigenvalue weighted by Crippen LogP contribution is -2.48. The third-order valence-corrected chi connectivity index (χ3v) is 3.73. The van der Waals surface area contributed by atoms with Crippen molar-refractivity contribution < 1.29 is 9.59 Å². The molecular formula is C14H17N3O2. The van der Waals surface area contributed by atoms with Gasteiger partial charge in [-0.3, -0.25) is 9.59 Å². The van der Waals surface area contributed by atoms with Crippen LogP contribution < -0.4 is 10.6 Å². The fourth-order valence-electron chi connectivity index (χ4n) is 2.74. The van der Waals surface area contributed by atoms with Crippen LogP contribution in [0.3, 0.4) is 0 Å². The average molecular weight is 259 g/mol. The molecule has 0 spiro atoms. The van der Waals surface area contributed by atoms with E-state index in [2.05, 4.69) is 10.6 Å². The molecule has 2 amide bonds. The van der Waals surface area contributed by atoms with E-state index >= 15 is 0 Å². The second-order valence-electron chi connectivity index (χ2n) is 4.97. The van der Waals surface area contributed by atoms with E-state index in [0.29, 0.717) is 0 Å². The highest BCUT2D eigenvalue weighted by atomic mass is 16.2. The van der Waals surface area contributed by atoms with Gasteiger partial charge in [0, 0.05) is 38.3 Å². The number of anilines is 1. The van der Waals surface area contributed by atoms with Crippen molar-refractivity contribution in [2.24, 2.45) is 0 Å². The summed E-state index contributed by atoms with van der Waals surface area (Å²) in [7, 11) is 0. The lowest BCUT2D eigenvalue weighted by Gasteiger charge is -2.33. The molecule has 1 aromatic rings. The van der Waals surface area contributed by atoms with Crippen LogP contribution in [0.25, 0.3) is 0 Å². The molecule has 2 N–H and O–H groups in total. The minimum Gasteiger partial charge on any atom is -0.340 e. The number of rotatable bonds is 1. The summed E-state index contributed by atoms with van der Waals surface area (Å²) in [6, 6.07) is 7.56. The van der Waals surface area contributed by atoms with Crippen LogP contribution in [-0.4, -0.2) is 42.9 Å². The van der Waals surface area contributed by atoms with Crippen LogP contribution in [-0.2, 0) is 9.59 Å². The Bertz CT molecular complexity index is 509. The van der Waals surface area contributed by atoms with E-state index < -0.39 is 0 Å². The number of amides is 2. The molecule has 2 aliphatic heterocycles. The first-order chi connectivity index (χ1) is 9.25. The molecule has 0 radical (unpaired) electrons. The van der Waals surface area contributed by atoms with Crippen molar-refractivity contribution in [2.75, 3.05) is 31.5 Å². The molecule has 5 nitrogen and oxygen atoms in total. The first kappa shape index (κ1) is 12.2. The van der Waals surface area contributed by atoms with E-state index in [0.717, 1.165) is 37.4 Å². The second kappa shape index (κ2) is 5.01. The second-order valence-corrected chi connectivity index (χ2v) is 4.97. The summed E-state index contributed by atoms with van der Waals surface area (Å²) in [6.07, 6.45) is 0.250. The van der Waals surface area contributed by atoms with E-state index in [1.807, 2.05) is 29.2 Å². The number of nitrogens with zero attached hydrogens (tertiary/aromatic N) is 1. The van der Waals surface area contributed by atoms with Crippen LogP contribution in [0.4, 0.5) is 5.69 Å². The summed E-state index contributed by atoms with van der Waals surface area (Å²) in [5.74, 6) is -0.334. The Kier molecular flexibility index (Phi) is 3.21. The maximum Gasteiger partial charge on any atom is 0.230 e. The Morgan fingerprint density at radius 1 is 1.21 bits per heavy atom. The van der Waals surface area contributed by atoms with Crippen molar-refractivity contribution >= 4 is 17.5 Å². The number of hydrogen-bond acceptors (Lipinski definition) is 3. The molecule has 0 saturated carbocycles. The number of nitrogens with one attached hydrogen (secondary N) is 2. The maximum atomic E-state index is 12.6. The predicted molar refractivity (Wildman–Crippen MR) is 71.9 cm³/mol. The maximum absolute atomic E-state index is 12.6. The van der Waals surface area contributed by atoms with E-state index in [-0.39, 0.29) is 24.2 Å². The summed E-state index contributed by atoms with van der Waals surface area (Å²) in [5.41, 5.74) is 1.71. The lowest BCUT2D eigenvalue weighted by atomic mass is 9.89. The highest BCUT2D eigenvalue weighted by Gasteiger charge is 2.33. The molecule has 0 aliphatic carbocycles. The molecule has 1 aromatic carbocycles. The van der Waals surface area contributed by atoms with Crippen molar-refractivity contribution in [2.45, 2.75) is 12.3 Å². The predicted octanol–water partition coefficient (Wildman–Crippen LogP) is 0.544. The first-order valence-electron chi connectivity index (χ1n) is 6.64. The topological polar surface area (TPSA) is 61.4 Å². The quantitative estimate of drug-likeness (QED) is 0.774. The van der Waals surface area contributed by atoms with E-state index in [1.165, 1.54) is 0 Å². The zero-order valence-corrected chi connectivity index (χ0v) is 10.7. The Hall–Kier alpha value is -1.88. The minimum atomic E-state index is -0.331. The van der Waals surface area contributed by atoms with Crippen LogP contribution in [0.1, 0.15) is 17.9 Å². The third-order valence-electron chi connectivity index (χ3n) is 3.73. The van der Waals surface area contributed by atoms with Gasteiger partial charge < -0.3 is 15.5 Å². The van der Waals surface area contributed by atoms with Gasteiger partial charge in [-0.05, 0) is 11.6 Å². The molecule has 19 heavy (non-hydrogen) atoms. The molecule has 1 fully saturated rings. The van der Waals surface area contributed by atoms with Crippen LogP contribution >= 0.6 is 0 Å². The summed E-state index contributed by atoms with van der Waals surface area (Å²) in [4.78, 5) is 26.2. The third kappa shape index (κ3) is 2.33. The molecule has 100 valence electrons. The van der Waals surface area contributed by atoms with Crippen molar-refractivity contribution in [3.63, 3.8) is 0 Å². The molecule has 1 unspecified atom stereocenters. The highest BCUT2D eigenvalue weighted by Crippen LogP contribution is 2.33. The van der Waals surface area contributed by atoms with Gasteiger partial charge in [0.2, 0.25) is 11.8 Å². The fraction of sp³-hybridized carbons (Fsp3) is 0.429. The molecule has 2 aliphatic rings. The Labute approximate surface area is 112 Å². The molecule has 0 aromatic heterocycles. The van der Waals surface area contributed by atoms with E-state index in [4.69, 9.17) is 0 Å². The largest absolute Gasteiger partial charge is 0.340 e. The SMILES string of the molecule is O=C1CC(C(=O)N2CCNCC2)c2ccccc2N1. The zero-order valence-electron chi connectivity index (χ0n) is 10.7. The molecule has 1 atom stereocenters. The summed E-state index contributed by atoms with van der Waals surface area (Å²) in [5, 5.41) is 6.05. The van der Waals surface area contributed by atoms with Gasteiger partial charge in [-0.25, -0.2) is 0 Å². The lowest BCUT2D eigenvalue weighted by molar-refractivity contribution is -0.135. The van der Waals surface area contributed by atoms with Gasteiger partial charge in [0.25, 0.3) is 0 Å². The van der Waals surface area contributed by atoms with Crippen LogP contribution in [0.15, 0.2) is 24.3 Å². The Balaban J connectivity index is 1.87. The Morgan fingerprint density at radius 3 is 2.74 bits per heavy atom. The number of para-hydroxylation sites is 1. The number of hydrogen-bond donors (Lipinski definition) is 2. The molecule has 0 bridgehead atoms. The summed E-state index contributed by atoms with van der Waals surface area (Å²) in [6.45, 7) is 3.09. The smallest absolute Gasteiger partial charge is 0.230 e. The highest BCUT2D eigenvalue weighted by molar-refractivity contribution is 6.01. The molecule has 3 rings (SSSR count). The van der Waals surface area contributed by atoms with Crippen LogP contribution in [0.2, 0.25) is 0 Å². The first-order valence-corrected chi connectivity index (χ1v) is 6.64. The monoisotopic (exact) mass is 259 g/mol. The molecule has 1 saturated heterocycles. The van der Waals surface area contributed by atoms with Gasteiger partial charge in [0.1, 0.15) is 0 Å². The van der Waals surface area contributed by atoms with E-state index in [9.17, 15) is 9.59 Å².